The molecule has 0 atom stereocenters. The fourth-order valence-electron chi connectivity index (χ4n) is 15.2. The molecule has 0 radical (unpaired) electrons. The lowest BCUT2D eigenvalue weighted by molar-refractivity contribution is 1.18. The fourth-order valence-corrected chi connectivity index (χ4v) is 15.2. The van der Waals surface area contributed by atoms with E-state index in [2.05, 4.69) is 370 Å². The highest BCUT2D eigenvalue weighted by atomic mass is 15.0. The lowest BCUT2D eigenvalue weighted by atomic mass is 10.0. The molecule has 0 aliphatic carbocycles. The first kappa shape index (κ1) is 58.0. The van der Waals surface area contributed by atoms with Crippen LogP contribution >= 0.6 is 0 Å². The summed E-state index contributed by atoms with van der Waals surface area (Å²) in [6, 6.07) is 131. The predicted molar refractivity (Wildman–Crippen MR) is 418 cm³/mol. The van der Waals surface area contributed by atoms with E-state index in [1.54, 1.807) is 0 Å². The molecule has 6 heterocycles. The smallest absolute Gasteiger partial charge is 0.0963 e. The zero-order chi connectivity index (χ0) is 66.0. The van der Waals surface area contributed by atoms with Crippen LogP contribution in [0.15, 0.2) is 376 Å². The molecule has 0 amide bonds. The van der Waals surface area contributed by atoms with Crippen LogP contribution in [0.1, 0.15) is 0 Å². The summed E-state index contributed by atoms with van der Waals surface area (Å²) in [4.78, 5) is 9.78. The highest BCUT2D eigenvalue weighted by molar-refractivity contribution is 6.14. The maximum atomic E-state index is 4.90. The highest BCUT2D eigenvalue weighted by Gasteiger charge is 2.20. The van der Waals surface area contributed by atoms with Crippen molar-refractivity contribution in [1.82, 2.24) is 28.2 Å². The Bertz CT molecular complexity index is 6260. The number of nitrogens with zero attached hydrogens (tertiary/aromatic N) is 6. The Hall–Kier alpha value is -13.4. The maximum Gasteiger partial charge on any atom is 0.0963 e. The topological polar surface area (TPSA) is 45.5 Å². The Labute approximate surface area is 578 Å². The zero-order valence-corrected chi connectivity index (χ0v) is 54.5. The molecule has 20 rings (SSSR count). The van der Waals surface area contributed by atoms with Gasteiger partial charge in [-0.2, -0.15) is 0 Å². The first-order chi connectivity index (χ1) is 49.6. The van der Waals surface area contributed by atoms with Crippen LogP contribution in [0.5, 0.6) is 0 Å². The molecule has 0 N–H and O–H groups in total. The van der Waals surface area contributed by atoms with Crippen molar-refractivity contribution < 1.29 is 0 Å². The summed E-state index contributed by atoms with van der Waals surface area (Å²) in [5.41, 5.74) is 30.3. The molecule has 0 aliphatic rings. The van der Waals surface area contributed by atoms with Gasteiger partial charge in [0.1, 0.15) is 0 Å². The van der Waals surface area contributed by atoms with Gasteiger partial charge in [-0.1, -0.05) is 231 Å². The van der Waals surface area contributed by atoms with E-state index in [9.17, 15) is 0 Å². The molecule has 468 valence electrons. The van der Waals surface area contributed by atoms with E-state index in [0.717, 1.165) is 66.6 Å². The van der Waals surface area contributed by atoms with Crippen molar-refractivity contribution in [2.24, 2.45) is 0 Å². The van der Waals surface area contributed by atoms with Gasteiger partial charge in [0.2, 0.25) is 0 Å². The summed E-state index contributed by atoms with van der Waals surface area (Å²) in [6.07, 6.45) is 3.79. The molecule has 6 nitrogen and oxygen atoms in total. The second-order valence-corrected chi connectivity index (χ2v) is 25.7. The van der Waals surface area contributed by atoms with Gasteiger partial charge < -0.3 is 18.3 Å². The van der Waals surface area contributed by atoms with Crippen LogP contribution in [-0.4, -0.2) is 28.2 Å². The van der Waals surface area contributed by atoms with E-state index >= 15 is 0 Å². The van der Waals surface area contributed by atoms with Crippen molar-refractivity contribution in [3.63, 3.8) is 0 Å². The number of fused-ring (bicyclic) bond motifs is 12. The molecule has 0 aliphatic heterocycles. The second kappa shape index (κ2) is 24.3. The average Bonchev–Trinajstić information content (AvgIpc) is 1.60. The summed E-state index contributed by atoms with van der Waals surface area (Å²) in [7, 11) is 0. The van der Waals surface area contributed by atoms with E-state index in [4.69, 9.17) is 9.97 Å². The number of para-hydroxylation sites is 2. The largest absolute Gasteiger partial charge is 0.309 e. The number of hydrogen-bond donors (Lipinski definition) is 0. The lowest BCUT2D eigenvalue weighted by Crippen LogP contribution is -1.94. The molecule has 0 unspecified atom stereocenters. The summed E-state index contributed by atoms with van der Waals surface area (Å²) in [6.45, 7) is 0. The SMILES string of the molecule is c1ccc(-c2ccc(-n3c4ccccc4c4cc(-c5ccc6c(c5)c5ncccc5n6-c5ccc(-c6ccccc6)cc5)ccc43)cc2)cc1.c1ccc(-c2ccc(-n3c4ccccc4c4cc(-c5ccc6c(c5)c5ncccc5n6-c5cccc(-c6ccccc6)c5)ccc43)cc2)cc1. The molecule has 0 spiro atoms. The predicted octanol–water partition coefficient (Wildman–Crippen LogP) is 24.6. The van der Waals surface area contributed by atoms with Gasteiger partial charge in [0.05, 0.1) is 55.2 Å². The quantitative estimate of drug-likeness (QED) is 0.137. The van der Waals surface area contributed by atoms with E-state index < -0.39 is 0 Å². The molecule has 20 aromatic rings. The number of rotatable bonds is 10. The Morgan fingerprint density at radius 3 is 0.800 bits per heavy atom. The van der Waals surface area contributed by atoms with Gasteiger partial charge in [0.25, 0.3) is 0 Å². The van der Waals surface area contributed by atoms with E-state index in [1.807, 2.05) is 24.5 Å². The molecule has 0 saturated carbocycles. The van der Waals surface area contributed by atoms with Gasteiger partial charge in [0.15, 0.2) is 0 Å². The van der Waals surface area contributed by atoms with Gasteiger partial charge in [-0.05, 0) is 200 Å². The molecule has 100 heavy (non-hydrogen) atoms. The normalized spacial score (nSPS) is 11.6. The Kier molecular flexibility index (Phi) is 14.1. The minimum atomic E-state index is 1.01. The average molecular weight is 1280 g/mol. The fraction of sp³-hybridized carbons (Fsp3) is 0. The standard InChI is InChI=1S/2C47H31N3/c1-3-11-32(12-4-1)34-20-24-38(25-21-34)49-43-18-8-7-17-40(43)41-30-36(22-26-44(41)49)37-23-27-45-42(31-37)47-46(19-10-28-48-47)50(45)39-16-9-15-35(29-39)33-13-5-2-6-14-33;1-3-10-32(11-4-1)34-17-23-38(24-18-34)49-43-15-8-7-14-40(43)41-30-36(21-27-44(41)49)37-22-28-45-42(31-37)47-46(16-9-29-48-47)50(45)39-25-19-35(20-26-39)33-12-5-2-6-13-33/h2*1-31H. The molecule has 14 aromatic carbocycles. The van der Waals surface area contributed by atoms with Crippen LogP contribution in [0.4, 0.5) is 0 Å². The van der Waals surface area contributed by atoms with Crippen molar-refractivity contribution in [3.8, 4) is 89.5 Å². The van der Waals surface area contributed by atoms with Gasteiger partial charge in [0, 0.05) is 67.5 Å². The number of pyridine rings is 2. The van der Waals surface area contributed by atoms with Crippen LogP contribution in [-0.2, 0) is 0 Å². The molecule has 0 fully saturated rings. The van der Waals surface area contributed by atoms with E-state index in [1.165, 1.54) is 110 Å². The first-order valence-corrected chi connectivity index (χ1v) is 34.1. The van der Waals surface area contributed by atoms with Crippen LogP contribution in [0.25, 0.3) is 177 Å². The monoisotopic (exact) mass is 1270 g/mol. The van der Waals surface area contributed by atoms with Crippen molar-refractivity contribution in [3.05, 3.63) is 376 Å². The maximum absolute atomic E-state index is 4.90. The molecule has 6 aromatic heterocycles. The van der Waals surface area contributed by atoms with Gasteiger partial charge in [-0.15, -0.1) is 0 Å². The minimum Gasteiger partial charge on any atom is -0.309 e. The first-order valence-electron chi connectivity index (χ1n) is 34.1. The van der Waals surface area contributed by atoms with Crippen LogP contribution in [0, 0.1) is 0 Å². The van der Waals surface area contributed by atoms with Crippen LogP contribution in [0.2, 0.25) is 0 Å². The summed E-state index contributed by atoms with van der Waals surface area (Å²) in [5.74, 6) is 0. The lowest BCUT2D eigenvalue weighted by Gasteiger charge is -2.11. The summed E-state index contributed by atoms with van der Waals surface area (Å²) < 4.78 is 9.43. The van der Waals surface area contributed by atoms with Crippen LogP contribution < -0.4 is 0 Å². The van der Waals surface area contributed by atoms with E-state index in [0.29, 0.717) is 0 Å². The highest BCUT2D eigenvalue weighted by Crippen LogP contribution is 2.42. The third-order valence-corrected chi connectivity index (χ3v) is 20.0. The van der Waals surface area contributed by atoms with Crippen molar-refractivity contribution >= 4 is 87.5 Å². The Morgan fingerprint density at radius 1 is 0.150 bits per heavy atom. The van der Waals surface area contributed by atoms with E-state index in [-0.39, 0.29) is 0 Å². The minimum absolute atomic E-state index is 1.01. The van der Waals surface area contributed by atoms with Crippen molar-refractivity contribution in [2.75, 3.05) is 0 Å². The Balaban J connectivity index is 0.000000139. The van der Waals surface area contributed by atoms with Gasteiger partial charge in [-0.3, -0.25) is 9.97 Å². The summed E-state index contributed by atoms with van der Waals surface area (Å²) >= 11 is 0. The molecule has 0 saturated heterocycles. The molecular formula is C94H62N6. The number of benzene rings is 14. The van der Waals surface area contributed by atoms with Gasteiger partial charge >= 0.3 is 0 Å². The van der Waals surface area contributed by atoms with Crippen molar-refractivity contribution in [2.45, 2.75) is 0 Å². The second-order valence-electron chi connectivity index (χ2n) is 25.7. The zero-order valence-electron chi connectivity index (χ0n) is 54.5. The third-order valence-electron chi connectivity index (χ3n) is 20.0. The van der Waals surface area contributed by atoms with Gasteiger partial charge in [-0.25, -0.2) is 0 Å². The number of aromatic nitrogens is 6. The third kappa shape index (κ3) is 10.0. The summed E-state index contributed by atoms with van der Waals surface area (Å²) in [5, 5.41) is 7.26. The molecule has 0 bridgehead atoms. The van der Waals surface area contributed by atoms with Crippen LogP contribution in [0.3, 0.4) is 0 Å². The van der Waals surface area contributed by atoms with Crippen molar-refractivity contribution in [1.29, 1.82) is 0 Å². The number of hydrogen-bond acceptors (Lipinski definition) is 2. The molecular weight excluding hydrogens is 1210 g/mol. The molecule has 6 heteroatoms. The Morgan fingerprint density at radius 2 is 0.410 bits per heavy atom.